The zero-order valence-electron chi connectivity index (χ0n) is 17.1. The predicted molar refractivity (Wildman–Crippen MR) is 130 cm³/mol. The van der Waals surface area contributed by atoms with E-state index in [1.54, 1.807) is 0 Å². The van der Waals surface area contributed by atoms with Gasteiger partial charge in [0, 0.05) is 20.7 Å². The number of anilines is 3. The van der Waals surface area contributed by atoms with Crippen LogP contribution in [0.3, 0.4) is 0 Å². The summed E-state index contributed by atoms with van der Waals surface area (Å²) in [7, 11) is 0. The lowest BCUT2D eigenvalue weighted by molar-refractivity contribution is 0.314. The lowest BCUT2D eigenvalue weighted by Gasteiger charge is -2.09. The molecule has 0 aliphatic heterocycles. The summed E-state index contributed by atoms with van der Waals surface area (Å²) in [5, 5.41) is 15.6. The molecule has 0 bridgehead atoms. The summed E-state index contributed by atoms with van der Waals surface area (Å²) in [6.45, 7) is 1.95. The number of benzene rings is 2. The molecule has 0 aliphatic rings. The molecule has 3 aromatic heterocycles. The fourth-order valence-electron chi connectivity index (χ4n) is 2.95. The highest BCUT2D eigenvalue weighted by Gasteiger charge is 2.13. The molecule has 0 saturated heterocycles. The fourth-order valence-corrected chi connectivity index (χ4v) is 3.40. The highest BCUT2D eigenvalue weighted by Crippen LogP contribution is 2.27. The van der Waals surface area contributed by atoms with E-state index in [0.29, 0.717) is 28.2 Å². The number of furan rings is 1. The Morgan fingerprint density at radius 3 is 2.48 bits per heavy atom. The second kappa shape index (κ2) is 9.00. The van der Waals surface area contributed by atoms with Crippen molar-refractivity contribution in [2.45, 2.75) is 6.92 Å². The first-order chi connectivity index (χ1) is 16.0. The van der Waals surface area contributed by atoms with Crippen molar-refractivity contribution in [3.05, 3.63) is 75.4 Å². The second-order valence-corrected chi connectivity index (χ2v) is 8.32. The molecular formula is C22H15BrClN7O2. The zero-order valence-corrected chi connectivity index (χ0v) is 19.4. The molecule has 0 fully saturated rings. The summed E-state index contributed by atoms with van der Waals surface area (Å²) in [4.78, 5) is 8.79. The number of nitrogens with one attached hydrogen (secondary N) is 2. The van der Waals surface area contributed by atoms with Gasteiger partial charge >= 0.3 is 0 Å². The van der Waals surface area contributed by atoms with Gasteiger partial charge in [-0.1, -0.05) is 39.7 Å². The maximum absolute atomic E-state index is 6.22. The molecule has 0 unspecified atom stereocenters. The molecule has 164 valence electrons. The number of hydrogen-bond acceptors (Lipinski definition) is 9. The number of rotatable bonds is 6. The fraction of sp³-hybridized carbons (Fsp3) is 0.0455. The minimum absolute atomic E-state index is 0.255. The summed E-state index contributed by atoms with van der Waals surface area (Å²) in [6, 6.07) is 17.0. The molecule has 11 heteroatoms. The molecule has 0 saturated carbocycles. The topological polar surface area (TPSA) is 114 Å². The molecule has 0 radical (unpaired) electrons. The lowest BCUT2D eigenvalue weighted by atomic mass is 10.1. The van der Waals surface area contributed by atoms with Crippen molar-refractivity contribution in [1.82, 2.24) is 20.3 Å². The largest absolute Gasteiger partial charge is 0.455 e. The Morgan fingerprint density at radius 2 is 1.73 bits per heavy atom. The molecule has 0 aliphatic carbocycles. The van der Waals surface area contributed by atoms with Crippen molar-refractivity contribution in [1.29, 1.82) is 0 Å². The third-order valence-electron chi connectivity index (χ3n) is 4.67. The van der Waals surface area contributed by atoms with Gasteiger partial charge in [-0.05, 0) is 65.3 Å². The van der Waals surface area contributed by atoms with Gasteiger partial charge in [-0.3, -0.25) is 5.43 Å². The Labute approximate surface area is 201 Å². The molecule has 0 atom stereocenters. The molecule has 0 amide bonds. The van der Waals surface area contributed by atoms with Crippen molar-refractivity contribution in [2.75, 3.05) is 10.7 Å². The maximum Gasteiger partial charge on any atom is 0.245 e. The van der Waals surface area contributed by atoms with E-state index in [1.165, 1.54) is 6.21 Å². The third-order valence-corrected chi connectivity index (χ3v) is 5.60. The van der Waals surface area contributed by atoms with E-state index in [2.05, 4.69) is 52.1 Å². The van der Waals surface area contributed by atoms with Gasteiger partial charge in [0.05, 0.1) is 6.21 Å². The average molecular weight is 525 g/mol. The number of fused-ring (bicyclic) bond motifs is 1. The van der Waals surface area contributed by atoms with Gasteiger partial charge in [-0.25, -0.2) is 9.61 Å². The Kier molecular flexibility index (Phi) is 5.76. The van der Waals surface area contributed by atoms with Crippen LogP contribution in [0, 0.1) is 6.92 Å². The molecule has 33 heavy (non-hydrogen) atoms. The van der Waals surface area contributed by atoms with Gasteiger partial charge in [0.2, 0.25) is 11.3 Å². The van der Waals surface area contributed by atoms with Crippen molar-refractivity contribution < 1.29 is 9.05 Å². The number of hydrazone groups is 1. The zero-order chi connectivity index (χ0) is 22.8. The van der Waals surface area contributed by atoms with Gasteiger partial charge in [-0.2, -0.15) is 10.1 Å². The van der Waals surface area contributed by atoms with Crippen LogP contribution in [0.4, 0.5) is 17.3 Å². The Morgan fingerprint density at radius 1 is 0.970 bits per heavy atom. The van der Waals surface area contributed by atoms with Crippen LogP contribution in [0.2, 0.25) is 5.02 Å². The lowest BCUT2D eigenvalue weighted by Crippen LogP contribution is -2.03. The molecule has 5 rings (SSSR count). The third kappa shape index (κ3) is 4.71. The van der Waals surface area contributed by atoms with E-state index in [9.17, 15) is 0 Å². The second-order valence-electron chi connectivity index (χ2n) is 7.00. The van der Waals surface area contributed by atoms with E-state index in [4.69, 9.17) is 20.6 Å². The number of hydrogen-bond donors (Lipinski definition) is 2. The molecule has 2 N–H and O–H groups in total. The molecule has 3 heterocycles. The number of aryl methyl sites for hydroxylation is 1. The number of nitrogens with zero attached hydrogens (tertiary/aromatic N) is 5. The average Bonchev–Trinajstić information content (AvgIpc) is 3.46. The summed E-state index contributed by atoms with van der Waals surface area (Å²) in [5.74, 6) is 1.99. The Balaban J connectivity index is 1.37. The minimum atomic E-state index is 0.255. The quantitative estimate of drug-likeness (QED) is 0.200. The number of halogens is 2. The molecule has 0 spiro atoms. The van der Waals surface area contributed by atoms with Crippen LogP contribution in [0.5, 0.6) is 0 Å². The first kappa shape index (κ1) is 21.1. The van der Waals surface area contributed by atoms with Crippen LogP contribution < -0.4 is 10.7 Å². The predicted octanol–water partition coefficient (Wildman–Crippen LogP) is 6.19. The Bertz CT molecular complexity index is 1460. The van der Waals surface area contributed by atoms with Gasteiger partial charge < -0.3 is 9.73 Å². The monoisotopic (exact) mass is 523 g/mol. The first-order valence-electron chi connectivity index (χ1n) is 9.73. The standard InChI is InChI=1S/C22H15BrClN7O2/c1-12-2-3-13(10-17(12)24)18-9-8-16(32-18)11-25-29-20-19(26-15-6-4-14(23)5-7-15)27-21-22(28-20)31-33-30-21/h2-11H,1H3,(H,26,27,30)(H,28,29,31). The van der Waals surface area contributed by atoms with E-state index in [0.717, 1.165) is 21.3 Å². The molecule has 5 aromatic rings. The molecular weight excluding hydrogens is 510 g/mol. The summed E-state index contributed by atoms with van der Waals surface area (Å²) in [5.41, 5.74) is 6.10. The highest BCUT2D eigenvalue weighted by atomic mass is 79.9. The minimum Gasteiger partial charge on any atom is -0.455 e. The van der Waals surface area contributed by atoms with Gasteiger partial charge in [0.25, 0.3) is 0 Å². The van der Waals surface area contributed by atoms with E-state index in [1.807, 2.05) is 61.5 Å². The van der Waals surface area contributed by atoms with Crippen LogP contribution in [0.15, 0.2) is 73.2 Å². The van der Waals surface area contributed by atoms with E-state index >= 15 is 0 Å². The van der Waals surface area contributed by atoms with Crippen LogP contribution >= 0.6 is 27.5 Å². The SMILES string of the molecule is Cc1ccc(-c2ccc(C=NNc3nc4nonc4nc3Nc3ccc(Br)cc3)o2)cc1Cl. The Hall–Kier alpha value is -3.76. The van der Waals surface area contributed by atoms with Crippen molar-refractivity contribution in [3.63, 3.8) is 0 Å². The first-order valence-corrected chi connectivity index (χ1v) is 10.9. The smallest absolute Gasteiger partial charge is 0.245 e. The number of aromatic nitrogens is 4. The van der Waals surface area contributed by atoms with E-state index < -0.39 is 0 Å². The van der Waals surface area contributed by atoms with Crippen LogP contribution in [0.25, 0.3) is 22.6 Å². The van der Waals surface area contributed by atoms with Crippen LogP contribution in [-0.4, -0.2) is 26.5 Å². The highest BCUT2D eigenvalue weighted by molar-refractivity contribution is 9.10. The maximum atomic E-state index is 6.22. The van der Waals surface area contributed by atoms with Crippen LogP contribution in [-0.2, 0) is 0 Å². The van der Waals surface area contributed by atoms with Crippen molar-refractivity contribution >= 4 is 62.4 Å². The molecule has 2 aromatic carbocycles. The summed E-state index contributed by atoms with van der Waals surface area (Å²) in [6.07, 6.45) is 1.54. The van der Waals surface area contributed by atoms with Crippen molar-refractivity contribution in [3.8, 4) is 11.3 Å². The van der Waals surface area contributed by atoms with Crippen molar-refractivity contribution in [2.24, 2.45) is 5.10 Å². The van der Waals surface area contributed by atoms with Gasteiger partial charge in [0.1, 0.15) is 11.5 Å². The summed E-state index contributed by atoms with van der Waals surface area (Å²) >= 11 is 9.64. The van der Waals surface area contributed by atoms with Gasteiger partial charge in [-0.15, -0.1) is 0 Å². The normalized spacial score (nSPS) is 11.4. The van der Waals surface area contributed by atoms with Gasteiger partial charge in [0.15, 0.2) is 11.6 Å². The van der Waals surface area contributed by atoms with Crippen LogP contribution in [0.1, 0.15) is 11.3 Å². The summed E-state index contributed by atoms with van der Waals surface area (Å²) < 4.78 is 11.5. The molecule has 9 nitrogen and oxygen atoms in total. The van der Waals surface area contributed by atoms with E-state index in [-0.39, 0.29) is 11.3 Å².